The molecule has 1 aliphatic rings. The van der Waals surface area contributed by atoms with Crippen molar-refractivity contribution in [1.82, 2.24) is 9.97 Å². The molecule has 1 N–H and O–H groups in total. The van der Waals surface area contributed by atoms with Crippen LogP contribution in [-0.4, -0.2) is 22.7 Å². The van der Waals surface area contributed by atoms with Crippen molar-refractivity contribution in [3.63, 3.8) is 0 Å². The van der Waals surface area contributed by atoms with Crippen LogP contribution in [-0.2, 0) is 0 Å². The predicted octanol–water partition coefficient (Wildman–Crippen LogP) is 3.44. The van der Waals surface area contributed by atoms with E-state index in [9.17, 15) is 0 Å². The van der Waals surface area contributed by atoms with Gasteiger partial charge in [0.1, 0.15) is 0 Å². The average molecular weight is 262 g/mol. The Balaban J connectivity index is 0.000000121. The topological polar surface area (TPSA) is 50.2 Å². The van der Waals surface area contributed by atoms with Gasteiger partial charge in [-0.05, 0) is 24.3 Å². The molecule has 0 radical (unpaired) electrons. The number of hydrogen-bond donors (Lipinski definition) is 1. The van der Waals surface area contributed by atoms with Crippen LogP contribution >= 0.6 is 0 Å². The lowest BCUT2D eigenvalue weighted by atomic mass is 10.2. The van der Waals surface area contributed by atoms with Crippen LogP contribution in [0.1, 0.15) is 0 Å². The molecular weight excluding hydrogens is 248 g/mol. The maximum Gasteiger partial charge on any atom is 0.0886 e. The molecule has 3 aromatic rings. The largest absolute Gasteiger partial charge is 0.378 e. The second kappa shape index (κ2) is 5.93. The summed E-state index contributed by atoms with van der Waals surface area (Å²) in [6, 6.07) is 15.8. The van der Waals surface area contributed by atoms with Crippen molar-refractivity contribution in [2.24, 2.45) is 4.99 Å². The third-order valence-corrected chi connectivity index (χ3v) is 2.89. The molecule has 2 aromatic carbocycles. The Morgan fingerprint density at radius 3 is 2.15 bits per heavy atom. The Hall–Kier alpha value is -2.75. The molecule has 0 fully saturated rings. The van der Waals surface area contributed by atoms with Crippen molar-refractivity contribution in [3.05, 3.63) is 60.9 Å². The zero-order chi connectivity index (χ0) is 13.6. The lowest BCUT2D eigenvalue weighted by Crippen LogP contribution is -2.05. The number of rotatable bonds is 0. The summed E-state index contributed by atoms with van der Waals surface area (Å²) in [4.78, 5) is 12.4. The lowest BCUT2D eigenvalue weighted by molar-refractivity contribution is 1.29. The minimum atomic E-state index is 0.844. The molecular formula is C16H14N4. The van der Waals surface area contributed by atoms with E-state index in [1.807, 2.05) is 54.7 Å². The molecule has 0 amide bonds. The first-order valence-electron chi connectivity index (χ1n) is 6.45. The Morgan fingerprint density at radius 1 is 0.800 bits per heavy atom. The summed E-state index contributed by atoms with van der Waals surface area (Å²) in [6.45, 7) is 0.844. The van der Waals surface area contributed by atoms with Crippen molar-refractivity contribution >= 4 is 28.6 Å². The molecule has 20 heavy (non-hydrogen) atoms. The van der Waals surface area contributed by atoms with E-state index in [-0.39, 0.29) is 0 Å². The zero-order valence-corrected chi connectivity index (χ0v) is 10.9. The summed E-state index contributed by atoms with van der Waals surface area (Å²) < 4.78 is 0. The molecule has 4 rings (SSSR count). The van der Waals surface area contributed by atoms with Gasteiger partial charge in [-0.3, -0.25) is 15.0 Å². The molecule has 0 unspecified atom stereocenters. The van der Waals surface area contributed by atoms with Crippen LogP contribution in [0.4, 0.5) is 11.4 Å². The number of nitrogens with zero attached hydrogens (tertiary/aromatic N) is 3. The van der Waals surface area contributed by atoms with E-state index >= 15 is 0 Å². The highest BCUT2D eigenvalue weighted by molar-refractivity contribution is 5.80. The normalized spacial score (nSPS) is 12.0. The van der Waals surface area contributed by atoms with Gasteiger partial charge >= 0.3 is 0 Å². The van der Waals surface area contributed by atoms with Gasteiger partial charge in [-0.2, -0.15) is 0 Å². The number of aliphatic imine (C=N–C) groups is 1. The Bertz CT molecular complexity index is 672. The highest BCUT2D eigenvalue weighted by Crippen LogP contribution is 2.25. The van der Waals surface area contributed by atoms with Crippen LogP contribution in [0.3, 0.4) is 0 Å². The van der Waals surface area contributed by atoms with E-state index in [0.29, 0.717) is 0 Å². The number of nitrogens with one attached hydrogen (secondary N) is 1. The highest BCUT2D eigenvalue weighted by atomic mass is 14.9. The quantitative estimate of drug-likeness (QED) is 0.675. The summed E-state index contributed by atoms with van der Waals surface area (Å²) in [5.41, 5.74) is 4.06. The summed E-state index contributed by atoms with van der Waals surface area (Å²) in [6.07, 6.45) is 5.27. The highest BCUT2D eigenvalue weighted by Gasteiger charge is 2.00. The second-order valence-corrected chi connectivity index (χ2v) is 4.25. The summed E-state index contributed by atoms with van der Waals surface area (Å²) in [7, 11) is 0. The van der Waals surface area contributed by atoms with Gasteiger partial charge in [0, 0.05) is 18.6 Å². The van der Waals surface area contributed by atoms with E-state index in [1.54, 1.807) is 12.4 Å². The van der Waals surface area contributed by atoms with Crippen LogP contribution < -0.4 is 5.32 Å². The first-order chi connectivity index (χ1) is 9.93. The van der Waals surface area contributed by atoms with E-state index in [0.717, 1.165) is 29.0 Å². The SMILES string of the molecule is C1=Nc2ccccc2NC1.c1ccc2nccnc2c1. The van der Waals surface area contributed by atoms with Gasteiger partial charge in [-0.1, -0.05) is 24.3 Å². The molecule has 2 heterocycles. The van der Waals surface area contributed by atoms with Gasteiger partial charge in [0.2, 0.25) is 0 Å². The molecule has 0 saturated carbocycles. The molecule has 0 bridgehead atoms. The molecule has 4 heteroatoms. The fraction of sp³-hybridized carbons (Fsp3) is 0.0625. The number of para-hydroxylation sites is 4. The van der Waals surface area contributed by atoms with Gasteiger partial charge in [-0.25, -0.2) is 0 Å². The summed E-state index contributed by atoms with van der Waals surface area (Å²) in [5.74, 6) is 0. The fourth-order valence-electron chi connectivity index (χ4n) is 1.95. The standard InChI is InChI=1S/C8H8N2.C8H6N2/c2*1-2-4-8-7(3-1)9-5-6-10-8/h1-5,10H,6H2;1-6H. The Morgan fingerprint density at radius 2 is 1.45 bits per heavy atom. The van der Waals surface area contributed by atoms with E-state index in [4.69, 9.17) is 0 Å². The first-order valence-corrected chi connectivity index (χ1v) is 6.45. The number of aromatic nitrogens is 2. The van der Waals surface area contributed by atoms with Crippen LogP contribution in [0.5, 0.6) is 0 Å². The second-order valence-electron chi connectivity index (χ2n) is 4.25. The number of anilines is 1. The van der Waals surface area contributed by atoms with Crippen molar-refractivity contribution in [3.8, 4) is 0 Å². The molecule has 98 valence electrons. The maximum absolute atomic E-state index is 4.21. The molecule has 0 atom stereocenters. The van der Waals surface area contributed by atoms with Crippen LogP contribution in [0.2, 0.25) is 0 Å². The number of fused-ring (bicyclic) bond motifs is 2. The summed E-state index contributed by atoms with van der Waals surface area (Å²) >= 11 is 0. The summed E-state index contributed by atoms with van der Waals surface area (Å²) in [5, 5.41) is 3.21. The monoisotopic (exact) mass is 262 g/mol. The van der Waals surface area contributed by atoms with E-state index in [1.165, 1.54) is 0 Å². The predicted molar refractivity (Wildman–Crippen MR) is 82.6 cm³/mol. The van der Waals surface area contributed by atoms with Crippen molar-refractivity contribution in [2.45, 2.75) is 0 Å². The fourth-order valence-corrected chi connectivity index (χ4v) is 1.95. The minimum Gasteiger partial charge on any atom is -0.378 e. The van der Waals surface area contributed by atoms with Gasteiger partial charge in [0.15, 0.2) is 0 Å². The van der Waals surface area contributed by atoms with E-state index < -0.39 is 0 Å². The smallest absolute Gasteiger partial charge is 0.0886 e. The Kier molecular flexibility index (Phi) is 3.64. The minimum absolute atomic E-state index is 0.844. The van der Waals surface area contributed by atoms with Crippen LogP contribution in [0, 0.1) is 0 Å². The third kappa shape index (κ3) is 2.80. The van der Waals surface area contributed by atoms with Gasteiger partial charge in [0.25, 0.3) is 0 Å². The third-order valence-electron chi connectivity index (χ3n) is 2.89. The molecule has 1 aliphatic heterocycles. The van der Waals surface area contributed by atoms with Crippen molar-refractivity contribution in [1.29, 1.82) is 0 Å². The van der Waals surface area contributed by atoms with Crippen molar-refractivity contribution in [2.75, 3.05) is 11.9 Å². The Labute approximate surface area is 117 Å². The molecule has 0 spiro atoms. The first kappa shape index (κ1) is 12.3. The van der Waals surface area contributed by atoms with Gasteiger partial charge in [0.05, 0.1) is 29.0 Å². The molecule has 4 nitrogen and oxygen atoms in total. The molecule has 0 aliphatic carbocycles. The molecule has 1 aromatic heterocycles. The van der Waals surface area contributed by atoms with Gasteiger partial charge in [-0.15, -0.1) is 0 Å². The maximum atomic E-state index is 4.21. The van der Waals surface area contributed by atoms with E-state index in [2.05, 4.69) is 20.3 Å². The lowest BCUT2D eigenvalue weighted by Gasteiger charge is -2.10. The molecule has 0 saturated heterocycles. The average Bonchev–Trinajstić information content (AvgIpc) is 2.56. The van der Waals surface area contributed by atoms with Crippen molar-refractivity contribution < 1.29 is 0 Å². The number of benzene rings is 2. The van der Waals surface area contributed by atoms with Crippen LogP contribution in [0.15, 0.2) is 65.9 Å². The zero-order valence-electron chi connectivity index (χ0n) is 10.9. The van der Waals surface area contributed by atoms with Crippen LogP contribution in [0.25, 0.3) is 11.0 Å². The van der Waals surface area contributed by atoms with Gasteiger partial charge < -0.3 is 5.32 Å². The number of hydrogen-bond acceptors (Lipinski definition) is 4.